The zero-order valence-electron chi connectivity index (χ0n) is 17.2. The Kier molecular flexibility index (Phi) is 7.54. The van der Waals surface area contributed by atoms with Crippen molar-refractivity contribution in [1.29, 1.82) is 0 Å². The molecule has 0 aliphatic carbocycles. The van der Waals surface area contributed by atoms with Crippen molar-refractivity contribution in [3.63, 3.8) is 0 Å². The van der Waals surface area contributed by atoms with Gasteiger partial charge in [0.25, 0.3) is 5.91 Å². The molecule has 0 bridgehead atoms. The van der Waals surface area contributed by atoms with E-state index in [9.17, 15) is 24.3 Å². The molecule has 1 fully saturated rings. The molecule has 2 aromatic carbocycles. The fourth-order valence-corrected chi connectivity index (χ4v) is 3.80. The Morgan fingerprint density at radius 1 is 0.968 bits per heavy atom. The molecule has 1 aliphatic rings. The molecular weight excluding hydrogens is 396 g/mol. The van der Waals surface area contributed by atoms with Crippen LogP contribution in [0.1, 0.15) is 41.6 Å². The number of carboxylic acids is 1. The number of amides is 2. The highest BCUT2D eigenvalue weighted by molar-refractivity contribution is 5.98. The maximum atomic E-state index is 12.9. The molecule has 2 N–H and O–H groups in total. The largest absolute Gasteiger partial charge is 0.480 e. The zero-order valence-corrected chi connectivity index (χ0v) is 17.2. The van der Waals surface area contributed by atoms with Crippen LogP contribution in [0.15, 0.2) is 60.7 Å². The van der Waals surface area contributed by atoms with Gasteiger partial charge in [-0.05, 0) is 37.0 Å². The monoisotopic (exact) mass is 422 g/mol. The molecule has 0 aromatic heterocycles. The van der Waals surface area contributed by atoms with Crippen LogP contribution in [0.25, 0.3) is 0 Å². The number of aliphatic carboxylic acids is 1. The zero-order chi connectivity index (χ0) is 22.2. The molecular formula is C24H26N2O5. The lowest BCUT2D eigenvalue weighted by atomic mass is 9.98. The second-order valence-corrected chi connectivity index (χ2v) is 7.63. The van der Waals surface area contributed by atoms with Crippen molar-refractivity contribution in [1.82, 2.24) is 10.2 Å². The summed E-state index contributed by atoms with van der Waals surface area (Å²) in [7, 11) is 0. The van der Waals surface area contributed by atoms with E-state index in [1.807, 2.05) is 30.3 Å². The van der Waals surface area contributed by atoms with Gasteiger partial charge in [-0.2, -0.15) is 0 Å². The molecule has 31 heavy (non-hydrogen) atoms. The first-order valence-electron chi connectivity index (χ1n) is 10.4. The molecule has 0 saturated carbocycles. The number of carbonyl (C=O) groups is 4. The second kappa shape index (κ2) is 10.5. The number of Topliss-reactive ketones (excluding diaryl/α,β-unsaturated/α-hetero) is 1. The number of likely N-dealkylation sites (tertiary alicyclic amines) is 1. The van der Waals surface area contributed by atoms with E-state index in [2.05, 4.69) is 5.32 Å². The van der Waals surface area contributed by atoms with Gasteiger partial charge < -0.3 is 15.3 Å². The molecule has 2 amide bonds. The van der Waals surface area contributed by atoms with Gasteiger partial charge in [-0.1, -0.05) is 48.5 Å². The van der Waals surface area contributed by atoms with Gasteiger partial charge in [0.05, 0.1) is 6.04 Å². The third-order valence-electron chi connectivity index (χ3n) is 5.46. The predicted octanol–water partition coefficient (Wildman–Crippen LogP) is 2.45. The maximum Gasteiger partial charge on any atom is 0.326 e. The Hall–Kier alpha value is -3.48. The molecule has 1 heterocycles. The molecule has 3 rings (SSSR count). The summed E-state index contributed by atoms with van der Waals surface area (Å²) in [5.74, 6) is -1.97. The van der Waals surface area contributed by atoms with Gasteiger partial charge in [-0.15, -0.1) is 0 Å². The minimum atomic E-state index is -1.02. The lowest BCUT2D eigenvalue weighted by Crippen LogP contribution is -2.44. The van der Waals surface area contributed by atoms with Crippen LogP contribution in [0.3, 0.4) is 0 Å². The van der Waals surface area contributed by atoms with E-state index in [-0.39, 0.29) is 30.4 Å². The number of carbonyl (C=O) groups excluding carboxylic acids is 3. The van der Waals surface area contributed by atoms with E-state index in [0.717, 1.165) is 5.56 Å². The highest BCUT2D eigenvalue weighted by Crippen LogP contribution is 2.19. The SMILES string of the molecule is O=C(N[C@H](Cc1ccccc1)C(=O)CCC(=O)N1CCC[C@H]1C(=O)O)c1ccccc1. The molecule has 0 unspecified atom stereocenters. The summed E-state index contributed by atoms with van der Waals surface area (Å²) >= 11 is 0. The van der Waals surface area contributed by atoms with Crippen LogP contribution < -0.4 is 5.32 Å². The van der Waals surface area contributed by atoms with E-state index in [1.54, 1.807) is 30.3 Å². The number of benzene rings is 2. The number of nitrogens with zero attached hydrogens (tertiary/aromatic N) is 1. The standard InChI is InChI=1S/C24H26N2O5/c27-21(13-14-22(28)26-15-7-12-20(26)24(30)31)19(16-17-8-3-1-4-9-17)25-23(29)18-10-5-2-6-11-18/h1-6,8-11,19-20H,7,12-16H2,(H,25,29)(H,30,31)/t19-,20+/m1/s1. The summed E-state index contributed by atoms with van der Waals surface area (Å²) < 4.78 is 0. The van der Waals surface area contributed by atoms with E-state index in [1.165, 1.54) is 4.90 Å². The van der Waals surface area contributed by atoms with Crippen molar-refractivity contribution in [3.05, 3.63) is 71.8 Å². The minimum Gasteiger partial charge on any atom is -0.480 e. The maximum absolute atomic E-state index is 12.9. The summed E-state index contributed by atoms with van der Waals surface area (Å²) in [6.45, 7) is 0.391. The van der Waals surface area contributed by atoms with Crippen LogP contribution in [0, 0.1) is 0 Å². The van der Waals surface area contributed by atoms with Crippen molar-refractivity contribution < 1.29 is 24.3 Å². The number of rotatable bonds is 9. The third kappa shape index (κ3) is 6.01. The summed E-state index contributed by atoms with van der Waals surface area (Å²) in [6, 6.07) is 16.4. The Morgan fingerprint density at radius 2 is 1.61 bits per heavy atom. The number of carboxylic acid groups (broad SMARTS) is 1. The fourth-order valence-electron chi connectivity index (χ4n) is 3.80. The van der Waals surface area contributed by atoms with Crippen molar-refractivity contribution in [3.8, 4) is 0 Å². The van der Waals surface area contributed by atoms with Crippen LogP contribution >= 0.6 is 0 Å². The van der Waals surface area contributed by atoms with E-state index >= 15 is 0 Å². The van der Waals surface area contributed by atoms with Crippen LogP contribution in [-0.4, -0.2) is 52.2 Å². The predicted molar refractivity (Wildman–Crippen MR) is 114 cm³/mol. The van der Waals surface area contributed by atoms with E-state index in [0.29, 0.717) is 31.4 Å². The normalized spacial score (nSPS) is 16.5. The highest BCUT2D eigenvalue weighted by Gasteiger charge is 2.34. The lowest BCUT2D eigenvalue weighted by molar-refractivity contribution is -0.148. The third-order valence-corrected chi connectivity index (χ3v) is 5.46. The molecule has 2 aromatic rings. The van der Waals surface area contributed by atoms with Crippen molar-refractivity contribution in [2.45, 2.75) is 44.2 Å². The van der Waals surface area contributed by atoms with Crippen molar-refractivity contribution >= 4 is 23.6 Å². The Bertz CT molecular complexity index is 930. The average molecular weight is 422 g/mol. The van der Waals surface area contributed by atoms with Gasteiger partial charge in [0.1, 0.15) is 6.04 Å². The number of ketones is 1. The summed E-state index contributed by atoms with van der Waals surface area (Å²) in [4.78, 5) is 50.7. The van der Waals surface area contributed by atoms with Crippen LogP contribution in [-0.2, 0) is 20.8 Å². The number of nitrogens with one attached hydrogen (secondary N) is 1. The van der Waals surface area contributed by atoms with E-state index < -0.39 is 18.1 Å². The summed E-state index contributed by atoms with van der Waals surface area (Å²) in [5.41, 5.74) is 1.34. The average Bonchev–Trinajstić information content (AvgIpc) is 3.28. The Morgan fingerprint density at radius 3 is 2.26 bits per heavy atom. The highest BCUT2D eigenvalue weighted by atomic mass is 16.4. The van der Waals surface area contributed by atoms with Crippen molar-refractivity contribution in [2.75, 3.05) is 6.54 Å². The molecule has 2 atom stereocenters. The quantitative estimate of drug-likeness (QED) is 0.646. The number of hydrogen-bond acceptors (Lipinski definition) is 4. The smallest absolute Gasteiger partial charge is 0.326 e. The van der Waals surface area contributed by atoms with Gasteiger partial charge in [-0.3, -0.25) is 14.4 Å². The fraction of sp³-hybridized carbons (Fsp3) is 0.333. The molecule has 7 nitrogen and oxygen atoms in total. The van der Waals surface area contributed by atoms with Gasteiger partial charge >= 0.3 is 5.97 Å². The first-order valence-corrected chi connectivity index (χ1v) is 10.4. The summed E-state index contributed by atoms with van der Waals surface area (Å²) in [6.07, 6.45) is 1.25. The first kappa shape index (κ1) is 22.2. The minimum absolute atomic E-state index is 0.0613. The van der Waals surface area contributed by atoms with Gasteiger partial charge in [0.15, 0.2) is 5.78 Å². The first-order chi connectivity index (χ1) is 15.0. The van der Waals surface area contributed by atoms with Crippen LogP contribution in [0.5, 0.6) is 0 Å². The van der Waals surface area contributed by atoms with Gasteiger partial charge in [0.2, 0.25) is 5.91 Å². The molecule has 7 heteroatoms. The molecule has 0 radical (unpaired) electrons. The Labute approximate surface area is 181 Å². The molecule has 0 spiro atoms. The van der Waals surface area contributed by atoms with Gasteiger partial charge in [0, 0.05) is 24.9 Å². The molecule has 1 saturated heterocycles. The van der Waals surface area contributed by atoms with Crippen LogP contribution in [0.4, 0.5) is 0 Å². The summed E-state index contributed by atoms with van der Waals surface area (Å²) in [5, 5.41) is 12.1. The second-order valence-electron chi connectivity index (χ2n) is 7.63. The van der Waals surface area contributed by atoms with Crippen molar-refractivity contribution in [2.24, 2.45) is 0 Å². The molecule has 1 aliphatic heterocycles. The Balaban J connectivity index is 1.66. The van der Waals surface area contributed by atoms with E-state index in [4.69, 9.17) is 0 Å². The molecule has 162 valence electrons. The van der Waals surface area contributed by atoms with Gasteiger partial charge in [-0.25, -0.2) is 4.79 Å². The van der Waals surface area contributed by atoms with Crippen LogP contribution in [0.2, 0.25) is 0 Å². The lowest BCUT2D eigenvalue weighted by Gasteiger charge is -2.22. The topological polar surface area (TPSA) is 104 Å². The number of hydrogen-bond donors (Lipinski definition) is 2.